The van der Waals surface area contributed by atoms with Gasteiger partial charge in [0.2, 0.25) is 0 Å². The van der Waals surface area contributed by atoms with Crippen molar-refractivity contribution in [1.29, 1.82) is 0 Å². The van der Waals surface area contributed by atoms with Crippen molar-refractivity contribution in [2.24, 2.45) is 29.1 Å². The van der Waals surface area contributed by atoms with Crippen LogP contribution in [0.2, 0.25) is 0 Å². The average molecular weight is 531 g/mol. The van der Waals surface area contributed by atoms with Crippen LogP contribution in [0.3, 0.4) is 0 Å². The average Bonchev–Trinajstić information content (AvgIpc) is 2.94. The van der Waals surface area contributed by atoms with Gasteiger partial charge >= 0.3 is 5.97 Å². The highest BCUT2D eigenvalue weighted by atomic mass is 16.5. The molecule has 0 amide bonds. The molecule has 4 aliphatic rings. The molecule has 1 atom stereocenters. The second-order valence-electron chi connectivity index (χ2n) is 13.5. The van der Waals surface area contributed by atoms with E-state index in [1.165, 1.54) is 43.2 Å². The monoisotopic (exact) mass is 530 g/mol. The molecule has 2 aromatic rings. The fourth-order valence-electron chi connectivity index (χ4n) is 8.52. The van der Waals surface area contributed by atoms with E-state index in [0.717, 1.165) is 49.7 Å². The molecule has 3 nitrogen and oxygen atoms in total. The van der Waals surface area contributed by atoms with Gasteiger partial charge in [-0.25, -0.2) is 0 Å². The van der Waals surface area contributed by atoms with Crippen molar-refractivity contribution < 1.29 is 14.3 Å². The maximum atomic E-state index is 13.1. The lowest BCUT2D eigenvalue weighted by Crippen LogP contribution is -2.56. The van der Waals surface area contributed by atoms with Gasteiger partial charge in [0.15, 0.2) is 0 Å². The number of benzene rings is 2. The summed E-state index contributed by atoms with van der Waals surface area (Å²) in [4.78, 5) is 13.1. The Bertz CT molecular complexity index is 1100. The fraction of sp³-hybridized carbons (Fsp3) is 0.639. The summed E-state index contributed by atoms with van der Waals surface area (Å²) in [6.07, 6.45) is 11.4. The molecule has 39 heavy (non-hydrogen) atoms. The van der Waals surface area contributed by atoms with Crippen molar-refractivity contribution in [3.63, 3.8) is 0 Å². The summed E-state index contributed by atoms with van der Waals surface area (Å²) < 4.78 is 12.4. The highest BCUT2D eigenvalue weighted by Crippen LogP contribution is 2.65. The predicted octanol–water partition coefficient (Wildman–Crippen LogP) is 9.51. The van der Waals surface area contributed by atoms with Crippen LogP contribution in [0.25, 0.3) is 0 Å². The SMILES string of the molecule is CCCC(C)(CC)C(=O)Oc1ccc(C2(c3ccc(OC(C)(CC)CC)cc3)C3CC4CC(C3)CC2C4)cc1. The minimum atomic E-state index is -0.425. The van der Waals surface area contributed by atoms with Crippen LogP contribution in [0, 0.1) is 29.1 Å². The summed E-state index contributed by atoms with van der Waals surface area (Å²) in [5.41, 5.74) is 2.30. The van der Waals surface area contributed by atoms with E-state index >= 15 is 0 Å². The first kappa shape index (κ1) is 28.2. The van der Waals surface area contributed by atoms with Crippen LogP contribution in [0.1, 0.15) is 117 Å². The molecule has 3 heteroatoms. The van der Waals surface area contributed by atoms with E-state index in [1.54, 1.807) is 0 Å². The van der Waals surface area contributed by atoms with Crippen molar-refractivity contribution in [3.8, 4) is 11.5 Å². The molecule has 0 aromatic heterocycles. The lowest BCUT2D eigenvalue weighted by Gasteiger charge is -2.62. The Morgan fingerprint density at radius 1 is 0.744 bits per heavy atom. The van der Waals surface area contributed by atoms with E-state index in [0.29, 0.717) is 17.6 Å². The molecule has 1 unspecified atom stereocenters. The van der Waals surface area contributed by atoms with Crippen LogP contribution < -0.4 is 9.47 Å². The summed E-state index contributed by atoms with van der Waals surface area (Å²) in [7, 11) is 0. The van der Waals surface area contributed by atoms with Crippen molar-refractivity contribution in [2.45, 2.75) is 117 Å². The van der Waals surface area contributed by atoms with Crippen molar-refractivity contribution in [3.05, 3.63) is 59.7 Å². The largest absolute Gasteiger partial charge is 0.488 e. The molecule has 4 saturated carbocycles. The molecule has 212 valence electrons. The molecular weight excluding hydrogens is 480 g/mol. The topological polar surface area (TPSA) is 35.5 Å². The predicted molar refractivity (Wildman–Crippen MR) is 159 cm³/mol. The van der Waals surface area contributed by atoms with E-state index in [4.69, 9.17) is 9.47 Å². The zero-order valence-electron chi connectivity index (χ0n) is 25.2. The van der Waals surface area contributed by atoms with E-state index in [2.05, 4.69) is 71.0 Å². The van der Waals surface area contributed by atoms with E-state index in [-0.39, 0.29) is 17.0 Å². The Morgan fingerprint density at radius 2 is 1.23 bits per heavy atom. The van der Waals surface area contributed by atoms with Gasteiger partial charge in [-0.3, -0.25) is 4.79 Å². The second kappa shape index (κ2) is 10.9. The first-order chi connectivity index (χ1) is 18.7. The summed E-state index contributed by atoms with van der Waals surface area (Å²) in [6.45, 7) is 12.9. The normalized spacial score (nSPS) is 29.2. The molecule has 0 N–H and O–H groups in total. The van der Waals surface area contributed by atoms with Crippen LogP contribution >= 0.6 is 0 Å². The Labute approximate surface area is 237 Å². The molecular formula is C36H50O3. The van der Waals surface area contributed by atoms with E-state index in [1.807, 2.05) is 19.1 Å². The molecule has 0 aliphatic heterocycles. The summed E-state index contributed by atoms with van der Waals surface area (Å²) >= 11 is 0. The van der Waals surface area contributed by atoms with Gasteiger partial charge in [-0.1, -0.05) is 58.4 Å². The number of rotatable bonds is 11. The number of ether oxygens (including phenoxy) is 2. The van der Waals surface area contributed by atoms with Gasteiger partial charge in [-0.15, -0.1) is 0 Å². The summed E-state index contributed by atoms with van der Waals surface area (Å²) in [5, 5.41) is 0. The third-order valence-corrected chi connectivity index (χ3v) is 11.2. The van der Waals surface area contributed by atoms with Gasteiger partial charge in [0.05, 0.1) is 5.41 Å². The van der Waals surface area contributed by atoms with Gasteiger partial charge in [-0.2, -0.15) is 0 Å². The maximum absolute atomic E-state index is 13.1. The lowest BCUT2D eigenvalue weighted by atomic mass is 9.42. The van der Waals surface area contributed by atoms with Crippen LogP contribution in [-0.4, -0.2) is 11.6 Å². The molecule has 0 radical (unpaired) electrons. The van der Waals surface area contributed by atoms with Crippen LogP contribution in [0.4, 0.5) is 0 Å². The van der Waals surface area contributed by atoms with Crippen LogP contribution in [0.5, 0.6) is 11.5 Å². The molecule has 6 rings (SSSR count). The highest BCUT2D eigenvalue weighted by molar-refractivity contribution is 5.78. The lowest BCUT2D eigenvalue weighted by molar-refractivity contribution is -0.145. The number of carbonyl (C=O) groups excluding carboxylic acids is 1. The first-order valence-electron chi connectivity index (χ1n) is 15.8. The molecule has 4 fully saturated rings. The van der Waals surface area contributed by atoms with Crippen LogP contribution in [-0.2, 0) is 10.2 Å². The van der Waals surface area contributed by atoms with Crippen molar-refractivity contribution in [1.82, 2.24) is 0 Å². The maximum Gasteiger partial charge on any atom is 0.317 e. The third-order valence-electron chi connectivity index (χ3n) is 11.2. The molecule has 0 spiro atoms. The zero-order valence-corrected chi connectivity index (χ0v) is 25.2. The fourth-order valence-corrected chi connectivity index (χ4v) is 8.52. The quantitative estimate of drug-likeness (QED) is 0.214. The van der Waals surface area contributed by atoms with Gasteiger partial charge in [0, 0.05) is 5.41 Å². The molecule has 4 bridgehead atoms. The van der Waals surface area contributed by atoms with Crippen LogP contribution in [0.15, 0.2) is 48.5 Å². The second-order valence-corrected chi connectivity index (χ2v) is 13.5. The number of carbonyl (C=O) groups is 1. The molecule has 0 saturated heterocycles. The summed E-state index contributed by atoms with van der Waals surface area (Å²) in [5.74, 6) is 4.65. The molecule has 0 heterocycles. The number of esters is 1. The molecule has 2 aromatic carbocycles. The highest BCUT2D eigenvalue weighted by Gasteiger charge is 2.58. The van der Waals surface area contributed by atoms with Gasteiger partial charge in [0.25, 0.3) is 0 Å². The third kappa shape index (κ3) is 5.04. The Morgan fingerprint density at radius 3 is 1.67 bits per heavy atom. The summed E-state index contributed by atoms with van der Waals surface area (Å²) in [6, 6.07) is 17.8. The van der Waals surface area contributed by atoms with E-state index in [9.17, 15) is 4.79 Å². The smallest absolute Gasteiger partial charge is 0.317 e. The molecule has 4 aliphatic carbocycles. The Kier molecular flexibility index (Phi) is 7.92. The minimum absolute atomic E-state index is 0.0213. The standard InChI is InChI=1S/C36H50O3/c1-7-19-34(5,8-2)33(37)38-31-15-11-27(12-16-31)36(29-21-25-20-26(23-29)24-30(36)22-25)28-13-17-32(18-14-28)39-35(6,9-3)10-4/h11-18,25-26,29-30H,7-10,19-24H2,1-6H3. The number of hydrogen-bond donors (Lipinski definition) is 0. The minimum Gasteiger partial charge on any atom is -0.488 e. The van der Waals surface area contributed by atoms with Gasteiger partial charge in [-0.05, 0) is 131 Å². The van der Waals surface area contributed by atoms with E-state index < -0.39 is 5.41 Å². The van der Waals surface area contributed by atoms with Gasteiger partial charge < -0.3 is 9.47 Å². The Balaban J connectivity index is 1.47. The van der Waals surface area contributed by atoms with Crippen molar-refractivity contribution >= 4 is 5.97 Å². The van der Waals surface area contributed by atoms with Crippen molar-refractivity contribution in [2.75, 3.05) is 0 Å². The Hall–Kier alpha value is -2.29. The van der Waals surface area contributed by atoms with Gasteiger partial charge in [0.1, 0.15) is 17.1 Å². The number of hydrogen-bond acceptors (Lipinski definition) is 3. The first-order valence-corrected chi connectivity index (χ1v) is 15.8. The zero-order chi connectivity index (χ0) is 27.8.